The first kappa shape index (κ1) is 8.71. The monoisotopic (exact) mass is 217 g/mol. The van der Waals surface area contributed by atoms with Crippen LogP contribution >= 0.6 is 0 Å². The predicted molar refractivity (Wildman–Crippen MR) is 53.8 cm³/mol. The normalized spacial score (nSPS) is 10.8. The maximum Gasteiger partial charge on any atom is 0.268 e. The number of tetrazole rings is 1. The van der Waals surface area contributed by atoms with Crippen molar-refractivity contribution < 1.29 is 0 Å². The van der Waals surface area contributed by atoms with Gasteiger partial charge in [0.05, 0.1) is 6.33 Å². The number of hydrogen-bond donors (Lipinski definition) is 2. The number of imidazole rings is 1. The van der Waals surface area contributed by atoms with Crippen molar-refractivity contribution in [1.82, 2.24) is 40.1 Å². The lowest BCUT2D eigenvalue weighted by atomic mass is 10.5. The third kappa shape index (κ3) is 1.26. The fourth-order valence-corrected chi connectivity index (χ4v) is 1.36. The minimum absolute atomic E-state index is 0.339. The lowest BCUT2D eigenvalue weighted by Gasteiger charge is -2.00. The molecule has 3 aromatic heterocycles. The fraction of sp³-hybridized carbons (Fsp3) is 0.143. The van der Waals surface area contributed by atoms with Crippen LogP contribution in [-0.2, 0) is 7.05 Å². The summed E-state index contributed by atoms with van der Waals surface area (Å²) in [7, 11) is 1.86. The first-order valence-corrected chi connectivity index (χ1v) is 4.47. The fourth-order valence-electron chi connectivity index (χ4n) is 1.36. The highest BCUT2D eigenvalue weighted by atomic mass is 15.5. The summed E-state index contributed by atoms with van der Waals surface area (Å²) in [6, 6.07) is 0. The van der Waals surface area contributed by atoms with Crippen molar-refractivity contribution in [2.24, 2.45) is 7.05 Å². The number of aromatic nitrogens is 8. The molecular weight excluding hydrogens is 210 g/mol. The Hall–Kier alpha value is -2.58. The molecule has 0 fully saturated rings. The van der Waals surface area contributed by atoms with Gasteiger partial charge in [0.2, 0.25) is 0 Å². The second-order valence-corrected chi connectivity index (χ2v) is 3.11. The Balaban J connectivity index is 2.10. The molecule has 3 heterocycles. The average Bonchev–Trinajstić information content (AvgIpc) is 2.90. The smallest absolute Gasteiger partial charge is 0.268 e. The molecule has 0 atom stereocenters. The predicted octanol–water partition coefficient (Wildman–Crippen LogP) is -0.380. The second kappa shape index (κ2) is 3.22. The van der Waals surface area contributed by atoms with Crippen LogP contribution < -0.4 is 5.32 Å². The van der Waals surface area contributed by atoms with Gasteiger partial charge in [0.15, 0.2) is 17.0 Å². The lowest BCUT2D eigenvalue weighted by Crippen LogP contribution is -1.98. The van der Waals surface area contributed by atoms with Crippen molar-refractivity contribution in [1.29, 1.82) is 0 Å². The van der Waals surface area contributed by atoms with Crippen LogP contribution in [0.5, 0.6) is 0 Å². The molecule has 0 saturated carbocycles. The van der Waals surface area contributed by atoms with Crippen LogP contribution in [0.25, 0.3) is 11.2 Å². The van der Waals surface area contributed by atoms with Crippen LogP contribution in [0.1, 0.15) is 0 Å². The lowest BCUT2D eigenvalue weighted by molar-refractivity contribution is 0.881. The van der Waals surface area contributed by atoms with Crippen LogP contribution in [0.2, 0.25) is 0 Å². The highest BCUT2D eigenvalue weighted by Gasteiger charge is 2.09. The van der Waals surface area contributed by atoms with Gasteiger partial charge in [-0.3, -0.25) is 0 Å². The molecule has 0 spiro atoms. The molecular formula is C7H7N9. The van der Waals surface area contributed by atoms with E-state index in [1.165, 1.54) is 6.33 Å². The molecule has 0 saturated heterocycles. The summed E-state index contributed by atoms with van der Waals surface area (Å²) in [5.41, 5.74) is 1.40. The van der Waals surface area contributed by atoms with Gasteiger partial charge < -0.3 is 9.88 Å². The summed E-state index contributed by atoms with van der Waals surface area (Å²) in [5.74, 6) is 0.887. The molecule has 0 unspecified atom stereocenters. The number of hydrogen-bond acceptors (Lipinski definition) is 7. The van der Waals surface area contributed by atoms with E-state index in [0.29, 0.717) is 17.3 Å². The van der Waals surface area contributed by atoms with Gasteiger partial charge in [0, 0.05) is 7.05 Å². The van der Waals surface area contributed by atoms with E-state index < -0.39 is 0 Å². The minimum atomic E-state index is 0.339. The molecule has 9 nitrogen and oxygen atoms in total. The number of nitrogens with one attached hydrogen (secondary N) is 2. The van der Waals surface area contributed by atoms with Crippen molar-refractivity contribution >= 4 is 22.9 Å². The molecule has 2 N–H and O–H groups in total. The Morgan fingerprint density at radius 1 is 1.31 bits per heavy atom. The van der Waals surface area contributed by atoms with Crippen LogP contribution in [-0.4, -0.2) is 40.1 Å². The number of H-pyrrole nitrogens is 1. The van der Waals surface area contributed by atoms with Gasteiger partial charge in [-0.15, -0.1) is 5.10 Å². The van der Waals surface area contributed by atoms with Gasteiger partial charge in [-0.1, -0.05) is 5.10 Å². The van der Waals surface area contributed by atoms with Gasteiger partial charge in [-0.25, -0.2) is 15.0 Å². The van der Waals surface area contributed by atoms with Crippen LogP contribution in [0.4, 0.5) is 11.8 Å². The van der Waals surface area contributed by atoms with E-state index in [-0.39, 0.29) is 0 Å². The Kier molecular flexibility index (Phi) is 1.75. The van der Waals surface area contributed by atoms with Gasteiger partial charge in [0.1, 0.15) is 6.33 Å². The van der Waals surface area contributed by atoms with Gasteiger partial charge >= 0.3 is 0 Å². The van der Waals surface area contributed by atoms with E-state index >= 15 is 0 Å². The summed E-state index contributed by atoms with van der Waals surface area (Å²) in [5, 5.41) is 16.2. The molecule has 3 aromatic rings. The molecule has 0 bridgehead atoms. The van der Waals surface area contributed by atoms with Gasteiger partial charge in [0.25, 0.3) is 5.95 Å². The molecule has 0 aromatic carbocycles. The molecule has 0 aliphatic rings. The number of aryl methyl sites for hydroxylation is 1. The summed E-state index contributed by atoms with van der Waals surface area (Å²) in [6.45, 7) is 0. The topological polar surface area (TPSA) is 110 Å². The number of rotatable bonds is 2. The second-order valence-electron chi connectivity index (χ2n) is 3.11. The molecule has 0 aliphatic carbocycles. The Labute approximate surface area is 88.9 Å². The maximum absolute atomic E-state index is 4.19. The van der Waals surface area contributed by atoms with Gasteiger partial charge in [-0.05, 0) is 5.21 Å². The largest absolute Gasteiger partial charge is 0.318 e. The van der Waals surface area contributed by atoms with Crippen LogP contribution in [0, 0.1) is 0 Å². The van der Waals surface area contributed by atoms with Gasteiger partial charge in [-0.2, -0.15) is 5.21 Å². The van der Waals surface area contributed by atoms with Crippen molar-refractivity contribution in [2.45, 2.75) is 0 Å². The van der Waals surface area contributed by atoms with Crippen LogP contribution in [0.3, 0.4) is 0 Å². The summed E-state index contributed by atoms with van der Waals surface area (Å²) in [4.78, 5) is 12.4. The number of fused-ring (bicyclic) bond motifs is 1. The van der Waals surface area contributed by atoms with E-state index in [0.717, 1.165) is 5.65 Å². The average molecular weight is 217 g/mol. The molecule has 80 valence electrons. The highest BCUT2D eigenvalue weighted by molar-refractivity contribution is 5.84. The van der Waals surface area contributed by atoms with Crippen LogP contribution in [0.15, 0.2) is 12.7 Å². The zero-order valence-corrected chi connectivity index (χ0v) is 8.29. The Morgan fingerprint density at radius 3 is 3.06 bits per heavy atom. The van der Waals surface area contributed by atoms with E-state index in [9.17, 15) is 0 Å². The zero-order valence-electron chi connectivity index (χ0n) is 8.29. The third-order valence-corrected chi connectivity index (χ3v) is 2.07. The van der Waals surface area contributed by atoms with Crippen molar-refractivity contribution in [2.75, 3.05) is 5.32 Å². The summed E-state index contributed by atoms with van der Waals surface area (Å²) >= 11 is 0. The Morgan fingerprint density at radius 2 is 2.25 bits per heavy atom. The summed E-state index contributed by atoms with van der Waals surface area (Å²) in [6.07, 6.45) is 3.12. The SMILES string of the molecule is Cn1cnc2c(Nc3nn[nH]n3)ncnc21. The first-order chi connectivity index (χ1) is 7.84. The van der Waals surface area contributed by atoms with E-state index in [4.69, 9.17) is 0 Å². The van der Waals surface area contributed by atoms with E-state index in [1.54, 1.807) is 10.9 Å². The molecule has 0 amide bonds. The molecule has 3 rings (SSSR count). The maximum atomic E-state index is 4.19. The number of aromatic amines is 1. The summed E-state index contributed by atoms with van der Waals surface area (Å²) < 4.78 is 1.80. The van der Waals surface area contributed by atoms with Crippen molar-refractivity contribution in [3.05, 3.63) is 12.7 Å². The third-order valence-electron chi connectivity index (χ3n) is 2.07. The van der Waals surface area contributed by atoms with Crippen molar-refractivity contribution in [3.8, 4) is 0 Å². The Bertz CT molecular complexity index is 610. The quantitative estimate of drug-likeness (QED) is 0.601. The van der Waals surface area contributed by atoms with E-state index in [2.05, 4.69) is 40.9 Å². The molecule has 0 radical (unpaired) electrons. The van der Waals surface area contributed by atoms with E-state index in [1.807, 2.05) is 7.05 Å². The molecule has 0 aliphatic heterocycles. The first-order valence-electron chi connectivity index (χ1n) is 4.47. The number of nitrogens with zero attached hydrogens (tertiary/aromatic N) is 7. The zero-order chi connectivity index (χ0) is 11.0. The molecule has 16 heavy (non-hydrogen) atoms. The highest BCUT2D eigenvalue weighted by Crippen LogP contribution is 2.18. The van der Waals surface area contributed by atoms with Crippen molar-refractivity contribution in [3.63, 3.8) is 0 Å². The number of anilines is 2. The molecule has 9 heteroatoms. The standard InChI is InChI=1S/C7H7N9/c1-16-3-10-4-5(8-2-9-6(4)16)11-7-12-14-15-13-7/h2-3H,1H3,(H2,8,9,11,12,13,14,15). The minimum Gasteiger partial charge on any atom is -0.318 e.